The molecule has 0 radical (unpaired) electrons. The lowest BCUT2D eigenvalue weighted by molar-refractivity contribution is 0.0573. The van der Waals surface area contributed by atoms with Crippen molar-refractivity contribution in [1.82, 2.24) is 10.2 Å². The molecule has 16 heavy (non-hydrogen) atoms. The normalized spacial score (nSPS) is 31.5. The molecule has 0 aromatic carbocycles. The van der Waals surface area contributed by atoms with Crippen molar-refractivity contribution < 1.29 is 0 Å². The first-order chi connectivity index (χ1) is 7.74. The zero-order chi connectivity index (χ0) is 11.4. The molecule has 0 amide bonds. The standard InChI is InChI=1S/C14H28N2/c1-3-14(7-4-8-14)12-16-10-5-9-15-13(2)6-11-16/h13,15H,3-12H2,1-2H3. The molecule has 0 aromatic rings. The Morgan fingerprint density at radius 3 is 2.69 bits per heavy atom. The van der Waals surface area contributed by atoms with E-state index in [1.165, 1.54) is 64.7 Å². The maximum Gasteiger partial charge on any atom is 0.00509 e. The minimum Gasteiger partial charge on any atom is -0.314 e. The Labute approximate surface area is 101 Å². The lowest BCUT2D eigenvalue weighted by Gasteiger charge is -2.45. The topological polar surface area (TPSA) is 15.3 Å². The molecule has 1 N–H and O–H groups in total. The Balaban J connectivity index is 1.82. The maximum atomic E-state index is 3.58. The molecule has 1 aliphatic heterocycles. The highest BCUT2D eigenvalue weighted by atomic mass is 15.1. The van der Waals surface area contributed by atoms with E-state index in [1.54, 1.807) is 0 Å². The van der Waals surface area contributed by atoms with E-state index in [2.05, 4.69) is 24.1 Å². The summed E-state index contributed by atoms with van der Waals surface area (Å²) in [6.45, 7) is 9.89. The average molecular weight is 224 g/mol. The van der Waals surface area contributed by atoms with Crippen LogP contribution in [0.2, 0.25) is 0 Å². The van der Waals surface area contributed by atoms with E-state index in [-0.39, 0.29) is 0 Å². The summed E-state index contributed by atoms with van der Waals surface area (Å²) in [5, 5.41) is 3.58. The van der Waals surface area contributed by atoms with E-state index < -0.39 is 0 Å². The number of nitrogens with zero attached hydrogens (tertiary/aromatic N) is 1. The highest BCUT2D eigenvalue weighted by molar-refractivity contribution is 4.89. The minimum absolute atomic E-state index is 0.704. The largest absolute Gasteiger partial charge is 0.314 e. The minimum atomic E-state index is 0.704. The molecule has 0 aromatic heterocycles. The number of hydrogen-bond acceptors (Lipinski definition) is 2. The monoisotopic (exact) mass is 224 g/mol. The summed E-state index contributed by atoms with van der Waals surface area (Å²) in [4.78, 5) is 2.74. The number of hydrogen-bond donors (Lipinski definition) is 1. The van der Waals surface area contributed by atoms with E-state index in [0.717, 1.165) is 0 Å². The van der Waals surface area contributed by atoms with Gasteiger partial charge in [-0.05, 0) is 64.1 Å². The van der Waals surface area contributed by atoms with Crippen LogP contribution >= 0.6 is 0 Å². The van der Waals surface area contributed by atoms with Crippen LogP contribution in [0.1, 0.15) is 52.4 Å². The van der Waals surface area contributed by atoms with Gasteiger partial charge in [0, 0.05) is 12.6 Å². The van der Waals surface area contributed by atoms with Gasteiger partial charge in [-0.25, -0.2) is 0 Å². The second-order valence-corrected chi connectivity index (χ2v) is 5.98. The molecule has 1 unspecified atom stereocenters. The first-order valence-electron chi connectivity index (χ1n) is 7.20. The maximum absolute atomic E-state index is 3.58. The van der Waals surface area contributed by atoms with Gasteiger partial charge in [-0.15, -0.1) is 0 Å². The molecular weight excluding hydrogens is 196 g/mol. The lowest BCUT2D eigenvalue weighted by Crippen LogP contribution is -2.45. The number of rotatable bonds is 3. The molecular formula is C14H28N2. The lowest BCUT2D eigenvalue weighted by atomic mass is 9.66. The van der Waals surface area contributed by atoms with Gasteiger partial charge in [0.15, 0.2) is 0 Å². The van der Waals surface area contributed by atoms with Crippen LogP contribution in [0.3, 0.4) is 0 Å². The zero-order valence-corrected chi connectivity index (χ0v) is 11.1. The SMILES string of the molecule is CCC1(CN2CCCNC(C)CC2)CCC1. The third kappa shape index (κ3) is 2.98. The van der Waals surface area contributed by atoms with E-state index in [9.17, 15) is 0 Å². The van der Waals surface area contributed by atoms with Crippen molar-refractivity contribution in [3.8, 4) is 0 Å². The first kappa shape index (κ1) is 12.4. The fourth-order valence-electron chi connectivity index (χ4n) is 3.17. The van der Waals surface area contributed by atoms with E-state index in [0.29, 0.717) is 11.5 Å². The molecule has 2 rings (SSSR count). The molecule has 2 nitrogen and oxygen atoms in total. The summed E-state index contributed by atoms with van der Waals surface area (Å²) < 4.78 is 0. The van der Waals surface area contributed by atoms with Crippen LogP contribution in [0.15, 0.2) is 0 Å². The summed E-state index contributed by atoms with van der Waals surface area (Å²) >= 11 is 0. The van der Waals surface area contributed by atoms with Crippen LogP contribution in [0.5, 0.6) is 0 Å². The Hall–Kier alpha value is -0.0800. The third-order valence-corrected chi connectivity index (χ3v) is 4.75. The van der Waals surface area contributed by atoms with Gasteiger partial charge in [-0.1, -0.05) is 13.3 Å². The van der Waals surface area contributed by atoms with Crippen molar-refractivity contribution in [2.75, 3.05) is 26.2 Å². The number of nitrogens with one attached hydrogen (secondary N) is 1. The van der Waals surface area contributed by atoms with Crippen molar-refractivity contribution in [2.45, 2.75) is 58.4 Å². The Kier molecular flexibility index (Phi) is 4.26. The summed E-state index contributed by atoms with van der Waals surface area (Å²) in [5.74, 6) is 0. The smallest absolute Gasteiger partial charge is 0.00509 e. The molecule has 0 bridgehead atoms. The van der Waals surface area contributed by atoms with Gasteiger partial charge in [0.25, 0.3) is 0 Å². The summed E-state index contributed by atoms with van der Waals surface area (Å²) in [6, 6.07) is 0.710. The van der Waals surface area contributed by atoms with Gasteiger partial charge in [-0.2, -0.15) is 0 Å². The molecule has 0 spiro atoms. The summed E-state index contributed by atoms with van der Waals surface area (Å²) in [7, 11) is 0. The predicted octanol–water partition coefficient (Wildman–Crippen LogP) is 2.64. The molecule has 1 atom stereocenters. The van der Waals surface area contributed by atoms with Gasteiger partial charge in [-0.3, -0.25) is 0 Å². The molecule has 1 saturated heterocycles. The Bertz CT molecular complexity index is 205. The Morgan fingerprint density at radius 2 is 2.06 bits per heavy atom. The Morgan fingerprint density at radius 1 is 1.25 bits per heavy atom. The van der Waals surface area contributed by atoms with E-state index in [4.69, 9.17) is 0 Å². The fraction of sp³-hybridized carbons (Fsp3) is 1.00. The van der Waals surface area contributed by atoms with Crippen LogP contribution in [-0.2, 0) is 0 Å². The highest BCUT2D eigenvalue weighted by Crippen LogP contribution is 2.44. The molecule has 1 aliphatic carbocycles. The van der Waals surface area contributed by atoms with Crippen molar-refractivity contribution in [1.29, 1.82) is 0 Å². The van der Waals surface area contributed by atoms with Crippen LogP contribution in [0.4, 0.5) is 0 Å². The predicted molar refractivity (Wildman–Crippen MR) is 69.7 cm³/mol. The molecule has 2 fully saturated rings. The van der Waals surface area contributed by atoms with Crippen molar-refractivity contribution in [3.63, 3.8) is 0 Å². The van der Waals surface area contributed by atoms with Gasteiger partial charge in [0.1, 0.15) is 0 Å². The van der Waals surface area contributed by atoms with E-state index in [1.807, 2.05) is 0 Å². The van der Waals surface area contributed by atoms with Crippen LogP contribution in [-0.4, -0.2) is 37.1 Å². The summed E-state index contributed by atoms with van der Waals surface area (Å²) in [5.41, 5.74) is 0.704. The third-order valence-electron chi connectivity index (χ3n) is 4.75. The molecule has 1 heterocycles. The molecule has 94 valence electrons. The van der Waals surface area contributed by atoms with Crippen molar-refractivity contribution in [2.24, 2.45) is 5.41 Å². The highest BCUT2D eigenvalue weighted by Gasteiger charge is 2.36. The average Bonchev–Trinajstić information content (AvgIpc) is 2.21. The van der Waals surface area contributed by atoms with Crippen LogP contribution in [0.25, 0.3) is 0 Å². The second-order valence-electron chi connectivity index (χ2n) is 5.98. The van der Waals surface area contributed by atoms with E-state index >= 15 is 0 Å². The van der Waals surface area contributed by atoms with Crippen molar-refractivity contribution in [3.05, 3.63) is 0 Å². The molecule has 2 aliphatic rings. The second kappa shape index (κ2) is 5.50. The first-order valence-corrected chi connectivity index (χ1v) is 7.20. The van der Waals surface area contributed by atoms with Gasteiger partial charge in [0.2, 0.25) is 0 Å². The molecule has 1 saturated carbocycles. The fourth-order valence-corrected chi connectivity index (χ4v) is 3.17. The zero-order valence-electron chi connectivity index (χ0n) is 11.1. The van der Waals surface area contributed by atoms with Gasteiger partial charge >= 0.3 is 0 Å². The van der Waals surface area contributed by atoms with Crippen molar-refractivity contribution >= 4 is 0 Å². The quantitative estimate of drug-likeness (QED) is 0.793. The van der Waals surface area contributed by atoms with Gasteiger partial charge in [0.05, 0.1) is 0 Å². The van der Waals surface area contributed by atoms with Crippen LogP contribution < -0.4 is 5.32 Å². The molecule has 2 heteroatoms. The summed E-state index contributed by atoms with van der Waals surface area (Å²) in [6.07, 6.45) is 8.46. The van der Waals surface area contributed by atoms with Crippen LogP contribution in [0, 0.1) is 5.41 Å². The van der Waals surface area contributed by atoms with Gasteiger partial charge < -0.3 is 10.2 Å².